The van der Waals surface area contributed by atoms with Crippen LogP contribution in [-0.2, 0) is 4.79 Å². The molecule has 0 heterocycles. The van der Waals surface area contributed by atoms with Crippen molar-refractivity contribution in [1.29, 1.82) is 0 Å². The van der Waals surface area contributed by atoms with Crippen molar-refractivity contribution in [3.05, 3.63) is 29.6 Å². The Kier molecular flexibility index (Phi) is 5.96. The first-order valence-electron chi connectivity index (χ1n) is 6.43. The molecule has 2 amide bonds. The van der Waals surface area contributed by atoms with Crippen LogP contribution >= 0.6 is 0 Å². The highest BCUT2D eigenvalue weighted by molar-refractivity contribution is 5.96. The van der Waals surface area contributed by atoms with Gasteiger partial charge in [0, 0.05) is 25.6 Å². The molecule has 0 spiro atoms. The van der Waals surface area contributed by atoms with Crippen LogP contribution in [0.5, 0.6) is 5.75 Å². The highest BCUT2D eigenvalue weighted by Gasteiger charge is 2.11. The van der Waals surface area contributed by atoms with Crippen LogP contribution in [0.25, 0.3) is 0 Å². The Hall–Kier alpha value is -2.11. The highest BCUT2D eigenvalue weighted by Crippen LogP contribution is 2.17. The molecule has 3 N–H and O–H groups in total. The standard InChI is InChI=1S/C14H19FN2O3/c1-9(2)8-17-13(19)5-6-16-14(20)11-4-3-10(15)7-12(11)18/h3-4,7,9,18H,5-6,8H2,1-2H3,(H,16,20)(H,17,19). The number of amides is 2. The first-order valence-corrected chi connectivity index (χ1v) is 6.43. The average molecular weight is 282 g/mol. The SMILES string of the molecule is CC(C)CNC(=O)CCNC(=O)c1ccc(F)cc1O. The zero-order valence-electron chi connectivity index (χ0n) is 11.6. The number of aromatic hydroxyl groups is 1. The largest absolute Gasteiger partial charge is 0.507 e. The summed E-state index contributed by atoms with van der Waals surface area (Å²) in [7, 11) is 0. The molecule has 0 saturated carbocycles. The van der Waals surface area contributed by atoms with E-state index >= 15 is 0 Å². The van der Waals surface area contributed by atoms with Gasteiger partial charge in [0.25, 0.3) is 5.91 Å². The zero-order valence-corrected chi connectivity index (χ0v) is 11.6. The molecule has 1 rings (SSSR count). The molecule has 0 fully saturated rings. The summed E-state index contributed by atoms with van der Waals surface area (Å²) in [5.41, 5.74) is -0.0195. The fourth-order valence-electron chi connectivity index (χ4n) is 1.49. The van der Waals surface area contributed by atoms with E-state index in [9.17, 15) is 19.1 Å². The van der Waals surface area contributed by atoms with Gasteiger partial charge in [-0.2, -0.15) is 0 Å². The van der Waals surface area contributed by atoms with Gasteiger partial charge < -0.3 is 15.7 Å². The maximum Gasteiger partial charge on any atom is 0.255 e. The summed E-state index contributed by atoms with van der Waals surface area (Å²) in [4.78, 5) is 23.1. The zero-order chi connectivity index (χ0) is 15.1. The van der Waals surface area contributed by atoms with Crippen molar-refractivity contribution < 1.29 is 19.1 Å². The molecule has 1 aromatic carbocycles. The maximum atomic E-state index is 12.8. The van der Waals surface area contributed by atoms with Crippen LogP contribution in [0.4, 0.5) is 4.39 Å². The molecule has 0 radical (unpaired) electrons. The van der Waals surface area contributed by atoms with E-state index in [1.54, 1.807) is 0 Å². The van der Waals surface area contributed by atoms with E-state index in [0.29, 0.717) is 12.5 Å². The number of rotatable bonds is 6. The number of carbonyl (C=O) groups excluding carboxylic acids is 2. The highest BCUT2D eigenvalue weighted by atomic mass is 19.1. The van der Waals surface area contributed by atoms with Crippen LogP contribution in [0.15, 0.2) is 18.2 Å². The van der Waals surface area contributed by atoms with E-state index in [1.165, 1.54) is 6.07 Å². The van der Waals surface area contributed by atoms with Crippen molar-refractivity contribution in [3.8, 4) is 5.75 Å². The lowest BCUT2D eigenvalue weighted by Crippen LogP contribution is -2.32. The molecule has 1 aromatic rings. The summed E-state index contributed by atoms with van der Waals surface area (Å²) >= 11 is 0. The van der Waals surface area contributed by atoms with E-state index in [4.69, 9.17) is 0 Å². The monoisotopic (exact) mass is 282 g/mol. The normalized spacial score (nSPS) is 10.4. The predicted octanol–water partition coefficient (Wildman–Crippen LogP) is 1.42. The van der Waals surface area contributed by atoms with Gasteiger partial charge in [-0.1, -0.05) is 13.8 Å². The number of hydrogen-bond acceptors (Lipinski definition) is 3. The van der Waals surface area contributed by atoms with Crippen molar-refractivity contribution in [2.45, 2.75) is 20.3 Å². The average Bonchev–Trinajstić information content (AvgIpc) is 2.36. The van der Waals surface area contributed by atoms with Crippen LogP contribution < -0.4 is 10.6 Å². The van der Waals surface area contributed by atoms with Crippen molar-refractivity contribution >= 4 is 11.8 Å². The summed E-state index contributed by atoms with van der Waals surface area (Å²) in [6, 6.07) is 3.15. The van der Waals surface area contributed by atoms with Gasteiger partial charge in [-0.3, -0.25) is 9.59 Å². The smallest absolute Gasteiger partial charge is 0.255 e. The Balaban J connectivity index is 2.38. The molecule has 20 heavy (non-hydrogen) atoms. The number of phenolic OH excluding ortho intramolecular Hbond substituents is 1. The van der Waals surface area contributed by atoms with Gasteiger partial charge in [-0.15, -0.1) is 0 Å². The molecular weight excluding hydrogens is 263 g/mol. The van der Waals surface area contributed by atoms with E-state index in [0.717, 1.165) is 12.1 Å². The summed E-state index contributed by atoms with van der Waals surface area (Å²) in [5.74, 6) is -1.37. The lowest BCUT2D eigenvalue weighted by Gasteiger charge is -2.09. The first-order chi connectivity index (χ1) is 9.40. The molecule has 0 aromatic heterocycles. The Labute approximate surface area is 117 Å². The van der Waals surface area contributed by atoms with Crippen molar-refractivity contribution in [1.82, 2.24) is 10.6 Å². The third-order valence-corrected chi connectivity index (χ3v) is 2.55. The summed E-state index contributed by atoms with van der Waals surface area (Å²) in [6.45, 7) is 4.71. The van der Waals surface area contributed by atoms with E-state index in [2.05, 4.69) is 10.6 Å². The van der Waals surface area contributed by atoms with E-state index in [1.807, 2.05) is 13.8 Å². The molecule has 0 saturated heterocycles. The van der Waals surface area contributed by atoms with Gasteiger partial charge in [0.05, 0.1) is 5.56 Å². The van der Waals surface area contributed by atoms with Gasteiger partial charge in [0.2, 0.25) is 5.91 Å². The minimum Gasteiger partial charge on any atom is -0.507 e. The summed E-state index contributed by atoms with van der Waals surface area (Å²) < 4.78 is 12.8. The minimum absolute atomic E-state index is 0.0195. The molecular formula is C14H19FN2O3. The number of halogens is 1. The van der Waals surface area contributed by atoms with E-state index in [-0.39, 0.29) is 24.4 Å². The summed E-state index contributed by atoms with van der Waals surface area (Å²) in [6.07, 6.45) is 0.153. The van der Waals surface area contributed by atoms with Crippen LogP contribution in [0, 0.1) is 11.7 Å². The number of nitrogens with one attached hydrogen (secondary N) is 2. The summed E-state index contributed by atoms with van der Waals surface area (Å²) in [5, 5.41) is 14.7. The van der Waals surface area contributed by atoms with E-state index < -0.39 is 17.5 Å². The van der Waals surface area contributed by atoms with Crippen LogP contribution in [0.3, 0.4) is 0 Å². The van der Waals surface area contributed by atoms with Gasteiger partial charge in [-0.05, 0) is 18.1 Å². The topological polar surface area (TPSA) is 78.4 Å². The van der Waals surface area contributed by atoms with Gasteiger partial charge >= 0.3 is 0 Å². The first kappa shape index (κ1) is 15.9. The van der Waals surface area contributed by atoms with Crippen LogP contribution in [0.2, 0.25) is 0 Å². The fraction of sp³-hybridized carbons (Fsp3) is 0.429. The second kappa shape index (κ2) is 7.47. The Morgan fingerprint density at radius 3 is 2.60 bits per heavy atom. The molecule has 110 valence electrons. The molecule has 6 heteroatoms. The quantitative estimate of drug-likeness (QED) is 0.738. The molecule has 0 aliphatic carbocycles. The molecule has 0 bridgehead atoms. The lowest BCUT2D eigenvalue weighted by atomic mass is 10.2. The fourth-order valence-corrected chi connectivity index (χ4v) is 1.49. The van der Waals surface area contributed by atoms with Crippen molar-refractivity contribution in [3.63, 3.8) is 0 Å². The number of carbonyl (C=O) groups is 2. The Bertz CT molecular complexity index is 489. The Morgan fingerprint density at radius 1 is 1.30 bits per heavy atom. The number of hydrogen-bond donors (Lipinski definition) is 3. The molecule has 0 aliphatic heterocycles. The minimum atomic E-state index is -0.618. The molecule has 0 aliphatic rings. The van der Waals surface area contributed by atoms with Gasteiger partial charge in [0.1, 0.15) is 11.6 Å². The van der Waals surface area contributed by atoms with Crippen LogP contribution in [0.1, 0.15) is 30.6 Å². The molecule has 0 unspecified atom stereocenters. The van der Waals surface area contributed by atoms with Gasteiger partial charge in [-0.25, -0.2) is 4.39 Å². The second-order valence-electron chi connectivity index (χ2n) is 4.87. The molecule has 5 nitrogen and oxygen atoms in total. The third-order valence-electron chi connectivity index (χ3n) is 2.55. The maximum absolute atomic E-state index is 12.8. The Morgan fingerprint density at radius 2 is 2.00 bits per heavy atom. The van der Waals surface area contributed by atoms with Crippen molar-refractivity contribution in [2.24, 2.45) is 5.92 Å². The number of phenols is 1. The predicted molar refractivity (Wildman–Crippen MR) is 72.9 cm³/mol. The second-order valence-corrected chi connectivity index (χ2v) is 4.87. The molecule has 0 atom stereocenters. The number of benzene rings is 1. The van der Waals surface area contributed by atoms with Gasteiger partial charge in [0.15, 0.2) is 0 Å². The van der Waals surface area contributed by atoms with Crippen molar-refractivity contribution in [2.75, 3.05) is 13.1 Å². The van der Waals surface area contributed by atoms with Crippen LogP contribution in [-0.4, -0.2) is 30.0 Å². The lowest BCUT2D eigenvalue weighted by molar-refractivity contribution is -0.121. The third kappa shape index (κ3) is 5.26.